The second kappa shape index (κ2) is 6.60. The van der Waals surface area contributed by atoms with Crippen LogP contribution in [0, 0.1) is 11.7 Å². The summed E-state index contributed by atoms with van der Waals surface area (Å²) in [5.74, 6) is -1.31. The Balaban J connectivity index is 1.63. The van der Waals surface area contributed by atoms with Crippen LogP contribution in [-0.2, 0) is 16.1 Å². The molecule has 1 aliphatic heterocycles. The number of benzene rings is 2. The van der Waals surface area contributed by atoms with Crippen molar-refractivity contribution in [3.05, 3.63) is 66.0 Å². The highest BCUT2D eigenvalue weighted by molar-refractivity contribution is 5.97. The summed E-state index contributed by atoms with van der Waals surface area (Å²) >= 11 is 0. The average molecular weight is 312 g/mol. The molecule has 1 N–H and O–H groups in total. The van der Waals surface area contributed by atoms with Gasteiger partial charge < -0.3 is 10.2 Å². The summed E-state index contributed by atoms with van der Waals surface area (Å²) in [6.07, 6.45) is 0.160. The number of nitrogens with zero attached hydrogens (tertiary/aromatic N) is 1. The maximum Gasteiger partial charge on any atom is 0.229 e. The summed E-state index contributed by atoms with van der Waals surface area (Å²) in [7, 11) is 0. The van der Waals surface area contributed by atoms with E-state index in [0.29, 0.717) is 13.1 Å². The zero-order chi connectivity index (χ0) is 16.2. The molecular formula is C18H17FN2O2. The normalized spacial score (nSPS) is 17.3. The third-order valence-corrected chi connectivity index (χ3v) is 3.93. The molecule has 0 bridgehead atoms. The molecule has 1 atom stereocenters. The molecule has 2 amide bonds. The minimum atomic E-state index is -0.480. The van der Waals surface area contributed by atoms with Gasteiger partial charge in [0.2, 0.25) is 11.8 Å². The van der Waals surface area contributed by atoms with Gasteiger partial charge in [-0.3, -0.25) is 9.59 Å². The molecule has 4 nitrogen and oxygen atoms in total. The van der Waals surface area contributed by atoms with Gasteiger partial charge in [-0.15, -0.1) is 0 Å². The summed E-state index contributed by atoms with van der Waals surface area (Å²) in [6, 6.07) is 15.6. The topological polar surface area (TPSA) is 49.4 Å². The first-order valence-electron chi connectivity index (χ1n) is 7.50. The number of hydrogen-bond donors (Lipinski definition) is 1. The third kappa shape index (κ3) is 3.56. The number of likely N-dealkylation sites (tertiary alicyclic amines) is 1. The molecule has 2 aromatic carbocycles. The lowest BCUT2D eigenvalue weighted by Crippen LogP contribution is -2.28. The monoisotopic (exact) mass is 312 g/mol. The van der Waals surface area contributed by atoms with Gasteiger partial charge in [0.25, 0.3) is 0 Å². The molecule has 5 heteroatoms. The van der Waals surface area contributed by atoms with E-state index in [1.807, 2.05) is 30.3 Å². The van der Waals surface area contributed by atoms with Crippen LogP contribution in [-0.4, -0.2) is 23.3 Å². The summed E-state index contributed by atoms with van der Waals surface area (Å²) in [5, 5.41) is 2.56. The van der Waals surface area contributed by atoms with E-state index in [-0.39, 0.29) is 23.9 Å². The van der Waals surface area contributed by atoms with Gasteiger partial charge >= 0.3 is 0 Å². The van der Waals surface area contributed by atoms with Crippen LogP contribution in [0.15, 0.2) is 54.6 Å². The van der Waals surface area contributed by atoms with E-state index in [0.717, 1.165) is 5.56 Å². The highest BCUT2D eigenvalue weighted by atomic mass is 19.1. The zero-order valence-electron chi connectivity index (χ0n) is 12.5. The van der Waals surface area contributed by atoms with Crippen molar-refractivity contribution in [1.29, 1.82) is 0 Å². The number of carbonyl (C=O) groups is 2. The lowest BCUT2D eigenvalue weighted by molar-refractivity contribution is -0.128. The van der Waals surface area contributed by atoms with Crippen LogP contribution in [0.1, 0.15) is 12.0 Å². The average Bonchev–Trinajstić information content (AvgIpc) is 2.92. The molecule has 2 aromatic rings. The van der Waals surface area contributed by atoms with Crippen molar-refractivity contribution < 1.29 is 14.0 Å². The van der Waals surface area contributed by atoms with E-state index in [2.05, 4.69) is 5.32 Å². The maximum absolute atomic E-state index is 13.6. The quantitative estimate of drug-likeness (QED) is 0.944. The van der Waals surface area contributed by atoms with Crippen molar-refractivity contribution in [2.75, 3.05) is 11.9 Å². The number of halogens is 1. The molecule has 3 rings (SSSR count). The van der Waals surface area contributed by atoms with E-state index in [4.69, 9.17) is 0 Å². The van der Waals surface area contributed by atoms with Crippen LogP contribution in [0.25, 0.3) is 0 Å². The van der Waals surface area contributed by atoms with E-state index in [1.54, 1.807) is 17.0 Å². The molecule has 1 aliphatic rings. The Morgan fingerprint density at radius 3 is 2.57 bits per heavy atom. The van der Waals surface area contributed by atoms with Gasteiger partial charge in [0, 0.05) is 19.5 Å². The van der Waals surface area contributed by atoms with Crippen LogP contribution in [0.5, 0.6) is 0 Å². The van der Waals surface area contributed by atoms with Crippen LogP contribution in [0.4, 0.5) is 10.1 Å². The highest BCUT2D eigenvalue weighted by Gasteiger charge is 2.34. The van der Waals surface area contributed by atoms with Crippen molar-refractivity contribution in [3.8, 4) is 0 Å². The first-order valence-corrected chi connectivity index (χ1v) is 7.50. The lowest BCUT2D eigenvalue weighted by atomic mass is 10.1. The molecule has 23 heavy (non-hydrogen) atoms. The Morgan fingerprint density at radius 2 is 1.83 bits per heavy atom. The fourth-order valence-corrected chi connectivity index (χ4v) is 2.70. The van der Waals surface area contributed by atoms with E-state index in [9.17, 15) is 14.0 Å². The number of hydrogen-bond acceptors (Lipinski definition) is 2. The molecule has 1 saturated heterocycles. The number of anilines is 1. The van der Waals surface area contributed by atoms with Gasteiger partial charge in [0.1, 0.15) is 5.82 Å². The molecule has 0 aliphatic carbocycles. The van der Waals surface area contributed by atoms with E-state index in [1.165, 1.54) is 12.1 Å². The number of nitrogens with one attached hydrogen (secondary N) is 1. The van der Waals surface area contributed by atoms with Crippen molar-refractivity contribution in [3.63, 3.8) is 0 Å². The fourth-order valence-electron chi connectivity index (χ4n) is 2.70. The predicted molar refractivity (Wildman–Crippen MR) is 85.0 cm³/mol. The zero-order valence-corrected chi connectivity index (χ0v) is 12.5. The SMILES string of the molecule is O=C(Nc1ccccc1F)[C@@H]1CC(=O)N(Cc2ccccc2)C1. The van der Waals surface area contributed by atoms with Crippen molar-refractivity contribution >= 4 is 17.5 Å². The van der Waals surface area contributed by atoms with Gasteiger partial charge in [-0.25, -0.2) is 4.39 Å². The Morgan fingerprint density at radius 1 is 1.13 bits per heavy atom. The Kier molecular flexibility index (Phi) is 4.37. The molecule has 118 valence electrons. The summed E-state index contributed by atoms with van der Waals surface area (Å²) in [4.78, 5) is 26.0. The first-order chi connectivity index (χ1) is 11.1. The molecule has 1 heterocycles. The first kappa shape index (κ1) is 15.2. The summed E-state index contributed by atoms with van der Waals surface area (Å²) in [6.45, 7) is 0.844. The molecule has 0 unspecified atom stereocenters. The second-order valence-corrected chi connectivity index (χ2v) is 5.63. The molecule has 0 spiro atoms. The van der Waals surface area contributed by atoms with Crippen LogP contribution in [0.3, 0.4) is 0 Å². The van der Waals surface area contributed by atoms with E-state index < -0.39 is 11.7 Å². The molecular weight excluding hydrogens is 295 g/mol. The van der Waals surface area contributed by atoms with Crippen molar-refractivity contribution in [2.45, 2.75) is 13.0 Å². The van der Waals surface area contributed by atoms with Gasteiger partial charge in [-0.05, 0) is 17.7 Å². The van der Waals surface area contributed by atoms with Crippen LogP contribution >= 0.6 is 0 Å². The number of amides is 2. The predicted octanol–water partition coefficient (Wildman–Crippen LogP) is 2.81. The van der Waals surface area contributed by atoms with Gasteiger partial charge in [0.15, 0.2) is 0 Å². The third-order valence-electron chi connectivity index (χ3n) is 3.93. The van der Waals surface area contributed by atoms with Crippen LogP contribution in [0.2, 0.25) is 0 Å². The lowest BCUT2D eigenvalue weighted by Gasteiger charge is -2.16. The maximum atomic E-state index is 13.6. The molecule has 1 fully saturated rings. The van der Waals surface area contributed by atoms with Gasteiger partial charge in [-0.1, -0.05) is 42.5 Å². The standard InChI is InChI=1S/C18H17FN2O2/c19-15-8-4-5-9-16(15)20-18(23)14-10-17(22)21(12-14)11-13-6-2-1-3-7-13/h1-9,14H,10-12H2,(H,20,23)/t14-/m1/s1. The minimum Gasteiger partial charge on any atom is -0.338 e. The molecule has 0 aromatic heterocycles. The Bertz CT molecular complexity index is 718. The highest BCUT2D eigenvalue weighted by Crippen LogP contribution is 2.22. The van der Waals surface area contributed by atoms with Crippen LogP contribution < -0.4 is 5.32 Å². The Hall–Kier alpha value is -2.69. The number of para-hydroxylation sites is 1. The Labute approximate surface area is 133 Å². The molecule has 0 radical (unpaired) electrons. The number of rotatable bonds is 4. The van der Waals surface area contributed by atoms with Gasteiger partial charge in [0.05, 0.1) is 11.6 Å². The van der Waals surface area contributed by atoms with E-state index >= 15 is 0 Å². The van der Waals surface area contributed by atoms with Gasteiger partial charge in [-0.2, -0.15) is 0 Å². The van der Waals surface area contributed by atoms with Crippen molar-refractivity contribution in [2.24, 2.45) is 5.92 Å². The summed E-state index contributed by atoms with van der Waals surface area (Å²) < 4.78 is 13.6. The molecule has 0 saturated carbocycles. The smallest absolute Gasteiger partial charge is 0.229 e. The van der Waals surface area contributed by atoms with Crippen molar-refractivity contribution in [1.82, 2.24) is 4.90 Å². The largest absolute Gasteiger partial charge is 0.338 e. The second-order valence-electron chi connectivity index (χ2n) is 5.63. The fraction of sp³-hybridized carbons (Fsp3) is 0.222. The number of carbonyl (C=O) groups excluding carboxylic acids is 2. The minimum absolute atomic E-state index is 0.0532. The summed E-state index contributed by atoms with van der Waals surface area (Å²) in [5.41, 5.74) is 1.17.